The molecule has 0 saturated heterocycles. The van der Waals surface area contributed by atoms with Gasteiger partial charge in [-0.15, -0.1) is 0 Å². The van der Waals surface area contributed by atoms with Crippen LogP contribution < -0.4 is 9.47 Å². The molecule has 30 heavy (non-hydrogen) atoms. The topological polar surface area (TPSA) is 35.5 Å². The van der Waals surface area contributed by atoms with Crippen molar-refractivity contribution in [2.45, 2.75) is 80.8 Å². The van der Waals surface area contributed by atoms with Crippen LogP contribution in [0.3, 0.4) is 0 Å². The number of ether oxygens (including phenoxy) is 2. The van der Waals surface area contributed by atoms with E-state index in [1.54, 1.807) is 0 Å². The van der Waals surface area contributed by atoms with E-state index in [2.05, 4.69) is 32.9 Å². The maximum absolute atomic E-state index is 12.4. The van der Waals surface area contributed by atoms with Crippen molar-refractivity contribution in [1.29, 1.82) is 0 Å². The maximum atomic E-state index is 12.4. The van der Waals surface area contributed by atoms with E-state index in [-0.39, 0.29) is 17.5 Å². The van der Waals surface area contributed by atoms with Crippen molar-refractivity contribution < 1.29 is 14.3 Å². The molecule has 0 atom stereocenters. The summed E-state index contributed by atoms with van der Waals surface area (Å²) in [5.41, 5.74) is 1.73. The third-order valence-corrected chi connectivity index (χ3v) is 5.68. The number of benzene rings is 2. The largest absolute Gasteiger partial charge is 0.488 e. The molecule has 0 heterocycles. The normalized spacial score (nSPS) is 11.5. The average Bonchev–Trinajstić information content (AvgIpc) is 2.72. The highest BCUT2D eigenvalue weighted by Crippen LogP contribution is 2.29. The van der Waals surface area contributed by atoms with Gasteiger partial charge in [0.25, 0.3) is 0 Å². The Morgan fingerprint density at radius 2 is 1.27 bits per heavy atom. The van der Waals surface area contributed by atoms with Crippen molar-refractivity contribution in [1.82, 2.24) is 0 Å². The molecular weight excluding hydrogens is 372 g/mol. The molecular formula is C27H40O3. The van der Waals surface area contributed by atoms with Crippen molar-refractivity contribution in [3.05, 3.63) is 59.7 Å². The Kier molecular flexibility index (Phi) is 9.61. The van der Waals surface area contributed by atoms with Crippen LogP contribution in [0, 0.1) is 11.3 Å². The van der Waals surface area contributed by atoms with Gasteiger partial charge in [-0.1, -0.05) is 58.9 Å². The van der Waals surface area contributed by atoms with Gasteiger partial charge in [0.15, 0.2) is 0 Å². The summed E-state index contributed by atoms with van der Waals surface area (Å²) in [7, 11) is 0. The van der Waals surface area contributed by atoms with E-state index in [1.807, 2.05) is 77.9 Å². The van der Waals surface area contributed by atoms with Crippen molar-refractivity contribution in [3.63, 3.8) is 0 Å². The molecule has 0 aliphatic carbocycles. The molecule has 0 radical (unpaired) electrons. The number of carbonyl (C=O) groups excluding carboxylic acids is 1. The highest BCUT2D eigenvalue weighted by atomic mass is 16.5. The standard InChI is InChI=1S/C25H34O3.C2H6/c1-8-24(4,5)28-22-15-11-20(12-16-22)17-19-9-13-21(14-10-19)27-23(26)25(6,7)18(2)3;1-2/h9-16,18H,8,17H2,1-7H3;1-2H3. The Morgan fingerprint density at radius 1 is 0.833 bits per heavy atom. The summed E-state index contributed by atoms with van der Waals surface area (Å²) in [5, 5.41) is 0. The molecule has 0 fully saturated rings. The van der Waals surface area contributed by atoms with Crippen LogP contribution in [0.2, 0.25) is 0 Å². The molecule has 0 aliphatic heterocycles. The van der Waals surface area contributed by atoms with E-state index < -0.39 is 5.41 Å². The Bertz CT molecular complexity index is 769. The first kappa shape index (κ1) is 25.7. The minimum Gasteiger partial charge on any atom is -0.488 e. The number of hydrogen-bond acceptors (Lipinski definition) is 3. The molecule has 0 bridgehead atoms. The van der Waals surface area contributed by atoms with Gasteiger partial charge in [0.1, 0.15) is 17.1 Å². The van der Waals surface area contributed by atoms with E-state index in [0.29, 0.717) is 5.75 Å². The SMILES string of the molecule is CC.CCC(C)(C)Oc1ccc(Cc2ccc(OC(=O)C(C)(C)C(C)C)cc2)cc1. The van der Waals surface area contributed by atoms with Gasteiger partial charge < -0.3 is 9.47 Å². The molecule has 0 unspecified atom stereocenters. The van der Waals surface area contributed by atoms with Crippen molar-refractivity contribution in [2.24, 2.45) is 11.3 Å². The lowest BCUT2D eigenvalue weighted by Crippen LogP contribution is -2.33. The zero-order valence-electron chi connectivity index (χ0n) is 20.3. The summed E-state index contributed by atoms with van der Waals surface area (Å²) < 4.78 is 11.6. The fraction of sp³-hybridized carbons (Fsp3) is 0.519. The number of hydrogen-bond donors (Lipinski definition) is 0. The molecule has 3 nitrogen and oxygen atoms in total. The quantitative estimate of drug-likeness (QED) is 0.333. The van der Waals surface area contributed by atoms with E-state index >= 15 is 0 Å². The maximum Gasteiger partial charge on any atom is 0.317 e. The molecule has 0 aliphatic rings. The van der Waals surface area contributed by atoms with E-state index in [0.717, 1.165) is 18.6 Å². The number of esters is 1. The minimum absolute atomic E-state index is 0.154. The molecule has 2 aromatic rings. The summed E-state index contributed by atoms with van der Waals surface area (Å²) in [6, 6.07) is 16.0. The summed E-state index contributed by atoms with van der Waals surface area (Å²) in [6.45, 7) is 18.2. The monoisotopic (exact) mass is 412 g/mol. The molecule has 0 amide bonds. The van der Waals surface area contributed by atoms with Crippen LogP contribution in [-0.2, 0) is 11.2 Å². The van der Waals surface area contributed by atoms with Crippen LogP contribution in [0.5, 0.6) is 11.5 Å². The molecule has 0 spiro atoms. The minimum atomic E-state index is -0.505. The van der Waals surface area contributed by atoms with Crippen LogP contribution >= 0.6 is 0 Å². The lowest BCUT2D eigenvalue weighted by atomic mass is 9.81. The van der Waals surface area contributed by atoms with E-state index in [9.17, 15) is 4.79 Å². The lowest BCUT2D eigenvalue weighted by Gasteiger charge is -2.26. The molecule has 0 aromatic heterocycles. The van der Waals surface area contributed by atoms with Crippen LogP contribution in [0.1, 0.15) is 79.9 Å². The molecule has 3 heteroatoms. The molecule has 2 aromatic carbocycles. The predicted molar refractivity (Wildman–Crippen MR) is 126 cm³/mol. The zero-order chi connectivity index (χ0) is 22.9. The third-order valence-electron chi connectivity index (χ3n) is 5.68. The zero-order valence-corrected chi connectivity index (χ0v) is 20.3. The van der Waals surface area contributed by atoms with E-state index in [1.165, 1.54) is 11.1 Å². The summed E-state index contributed by atoms with van der Waals surface area (Å²) in [4.78, 5) is 12.4. The Morgan fingerprint density at radius 3 is 1.67 bits per heavy atom. The second-order valence-corrected chi connectivity index (χ2v) is 8.95. The smallest absolute Gasteiger partial charge is 0.317 e. The van der Waals surface area contributed by atoms with Gasteiger partial charge in [0, 0.05) is 0 Å². The number of rotatable bonds is 8. The van der Waals surface area contributed by atoms with Gasteiger partial charge in [-0.05, 0) is 81.8 Å². The Hall–Kier alpha value is -2.29. The first-order valence-electron chi connectivity index (χ1n) is 11.1. The average molecular weight is 413 g/mol. The highest BCUT2D eigenvalue weighted by Gasteiger charge is 2.33. The third kappa shape index (κ3) is 7.51. The summed E-state index contributed by atoms with van der Waals surface area (Å²) in [6.07, 6.45) is 1.78. The molecule has 2 rings (SSSR count). The number of carbonyl (C=O) groups is 1. The van der Waals surface area contributed by atoms with Crippen molar-refractivity contribution >= 4 is 5.97 Å². The van der Waals surface area contributed by atoms with Gasteiger partial charge in [0.05, 0.1) is 5.41 Å². The first-order chi connectivity index (χ1) is 14.0. The summed E-state index contributed by atoms with van der Waals surface area (Å²) in [5.74, 6) is 1.51. The van der Waals surface area contributed by atoms with Gasteiger partial charge in [0.2, 0.25) is 0 Å². The highest BCUT2D eigenvalue weighted by molar-refractivity contribution is 5.78. The van der Waals surface area contributed by atoms with Crippen molar-refractivity contribution in [3.8, 4) is 11.5 Å². The van der Waals surface area contributed by atoms with Gasteiger partial charge >= 0.3 is 5.97 Å². The second kappa shape index (κ2) is 11.2. The fourth-order valence-corrected chi connectivity index (χ4v) is 2.45. The molecule has 0 saturated carbocycles. The Labute approximate surface area is 183 Å². The van der Waals surface area contributed by atoms with Crippen LogP contribution in [-0.4, -0.2) is 11.6 Å². The fourth-order valence-electron chi connectivity index (χ4n) is 2.45. The van der Waals surface area contributed by atoms with Gasteiger partial charge in [-0.25, -0.2) is 0 Å². The predicted octanol–water partition coefficient (Wildman–Crippen LogP) is 7.46. The Balaban J connectivity index is 0.00000218. The van der Waals surface area contributed by atoms with Crippen molar-refractivity contribution in [2.75, 3.05) is 0 Å². The van der Waals surface area contributed by atoms with Crippen LogP contribution in [0.4, 0.5) is 0 Å². The van der Waals surface area contributed by atoms with Gasteiger partial charge in [-0.3, -0.25) is 4.79 Å². The van der Waals surface area contributed by atoms with Crippen LogP contribution in [0.15, 0.2) is 48.5 Å². The molecule has 0 N–H and O–H groups in total. The van der Waals surface area contributed by atoms with Gasteiger partial charge in [-0.2, -0.15) is 0 Å². The summed E-state index contributed by atoms with van der Waals surface area (Å²) >= 11 is 0. The lowest BCUT2D eigenvalue weighted by molar-refractivity contribution is -0.146. The second-order valence-electron chi connectivity index (χ2n) is 8.95. The molecule has 166 valence electrons. The van der Waals surface area contributed by atoms with Crippen LogP contribution in [0.25, 0.3) is 0 Å². The van der Waals surface area contributed by atoms with E-state index in [4.69, 9.17) is 9.47 Å². The first-order valence-corrected chi connectivity index (χ1v) is 11.1.